The van der Waals surface area contributed by atoms with Gasteiger partial charge in [-0.2, -0.15) is 5.10 Å². The van der Waals surface area contributed by atoms with Gasteiger partial charge in [-0.05, 0) is 46.6 Å². The Morgan fingerprint density at radius 2 is 1.52 bits per heavy atom. The molecule has 1 heterocycles. The summed E-state index contributed by atoms with van der Waals surface area (Å²) in [6, 6.07) is 3.16. The fourth-order valence-electron chi connectivity index (χ4n) is 5.08. The molecule has 3 rings (SSSR count). The molecule has 1 aromatic carbocycles. The molecule has 1 N–H and O–H groups in total. The Morgan fingerprint density at radius 1 is 0.976 bits per heavy atom. The second kappa shape index (κ2) is 14.9. The first kappa shape index (κ1) is 34.2. The van der Waals surface area contributed by atoms with E-state index in [9.17, 15) is 29.4 Å². The van der Waals surface area contributed by atoms with Crippen molar-refractivity contribution >= 4 is 38.0 Å². The van der Waals surface area contributed by atoms with Crippen LogP contribution in [-0.2, 0) is 36.7 Å². The van der Waals surface area contributed by atoms with E-state index in [0.29, 0.717) is 31.8 Å². The van der Waals surface area contributed by atoms with Gasteiger partial charge in [0.05, 0.1) is 55.6 Å². The van der Waals surface area contributed by atoms with Crippen LogP contribution in [0, 0.1) is 26.1 Å². The maximum Gasteiger partial charge on any atom is 0.345 e. The molecule has 1 spiro atoms. The van der Waals surface area contributed by atoms with Crippen molar-refractivity contribution in [2.45, 2.75) is 64.6 Å². The number of benzene rings is 1. The van der Waals surface area contributed by atoms with Crippen molar-refractivity contribution in [3.05, 3.63) is 38.4 Å². The summed E-state index contributed by atoms with van der Waals surface area (Å²) >= 11 is 0. The van der Waals surface area contributed by atoms with E-state index in [1.165, 1.54) is 6.07 Å². The zero-order valence-corrected chi connectivity index (χ0v) is 25.9. The van der Waals surface area contributed by atoms with Gasteiger partial charge in [-0.3, -0.25) is 34.8 Å². The third-order valence-corrected chi connectivity index (χ3v) is 12.8. The highest BCUT2D eigenvalue weighted by Gasteiger charge is 2.54. The zero-order chi connectivity index (χ0) is 31.0. The van der Waals surface area contributed by atoms with Crippen LogP contribution in [0.1, 0.15) is 53.4 Å². The Bertz CT molecular complexity index is 1190. The Balaban J connectivity index is 2.06. The topological polar surface area (TPSA) is 200 Å². The molecule has 1 aliphatic carbocycles. The number of nitro groups is 2. The molecule has 16 nitrogen and oxygen atoms in total. The fraction of sp³-hybridized carbons (Fsp3) is 0.708. The molecule has 1 aromatic rings. The van der Waals surface area contributed by atoms with E-state index in [1.54, 1.807) is 27.7 Å². The summed E-state index contributed by atoms with van der Waals surface area (Å²) in [7, 11) is -8.17. The van der Waals surface area contributed by atoms with Gasteiger partial charge in [0.2, 0.25) is 0 Å². The number of anilines is 1. The molecule has 18 heteroatoms. The van der Waals surface area contributed by atoms with Crippen molar-refractivity contribution in [1.29, 1.82) is 0 Å². The number of ether oxygens (including phenoxy) is 2. The third kappa shape index (κ3) is 8.00. The highest BCUT2D eigenvalue weighted by Crippen LogP contribution is 2.72. The molecule has 1 saturated heterocycles. The molecule has 42 heavy (non-hydrogen) atoms. The number of rotatable bonds is 16. The van der Waals surface area contributed by atoms with Crippen LogP contribution in [-0.4, -0.2) is 66.4 Å². The highest BCUT2D eigenvalue weighted by atomic mass is 31.2. The predicted molar refractivity (Wildman–Crippen MR) is 153 cm³/mol. The summed E-state index contributed by atoms with van der Waals surface area (Å²) in [5.74, 6) is -1.54. The summed E-state index contributed by atoms with van der Waals surface area (Å²) in [5, 5.41) is 25.9. The van der Waals surface area contributed by atoms with Crippen molar-refractivity contribution in [1.82, 2.24) is 0 Å². The van der Waals surface area contributed by atoms with Crippen molar-refractivity contribution in [2.24, 2.45) is 11.0 Å². The molecule has 0 unspecified atom stereocenters. The van der Waals surface area contributed by atoms with Crippen LogP contribution in [0.15, 0.2) is 23.3 Å². The number of nitrogens with zero attached hydrogens (tertiary/aromatic N) is 3. The van der Waals surface area contributed by atoms with Gasteiger partial charge < -0.3 is 27.6 Å². The number of non-ortho nitro benzene ring substituents is 1. The molecule has 0 aromatic heterocycles. The predicted octanol–water partition coefficient (Wildman–Crippen LogP) is 6.06. The average Bonchev–Trinajstić information content (AvgIpc) is 3.39. The van der Waals surface area contributed by atoms with Crippen LogP contribution in [0.4, 0.5) is 17.1 Å². The van der Waals surface area contributed by atoms with Crippen LogP contribution >= 0.6 is 15.2 Å². The number of hydrogen-bond donors (Lipinski definition) is 1. The standard InChI is InChI=1S/C24H38N4O12P2/c1-5-37-41(33,38-6-2)23(42(34,39-7-3)40-8-4)15-18-17-24(35-13-14-36-24)12-11-20(18)25-26-21-10-9-19(27(29)30)16-22(21)28(31)32/h9-10,16,18,23,26H,5-8,11-15,17H2,1-4H3/b25-20+/t18-/m1/s1. The van der Waals surface area contributed by atoms with Crippen molar-refractivity contribution < 1.29 is 46.5 Å². The van der Waals surface area contributed by atoms with Gasteiger partial charge in [0.25, 0.3) is 5.69 Å². The Kier molecular flexibility index (Phi) is 12.2. The fourth-order valence-corrected chi connectivity index (χ4v) is 10.6. The van der Waals surface area contributed by atoms with Crippen LogP contribution in [0.2, 0.25) is 0 Å². The van der Waals surface area contributed by atoms with E-state index < -0.39 is 53.5 Å². The average molecular weight is 637 g/mol. The molecular formula is C24H38N4O12P2. The molecule has 0 radical (unpaired) electrons. The van der Waals surface area contributed by atoms with Gasteiger partial charge in [0.1, 0.15) is 5.69 Å². The SMILES string of the molecule is CCOP(=O)(OCC)C(C[C@@H]1CC2(CC/C1=N\Nc1ccc([N+](=O)[O-])cc1[N+](=O)[O-])OCCO2)P(=O)(OCC)OCC. The van der Waals surface area contributed by atoms with E-state index in [1.807, 2.05) is 0 Å². The second-order valence-electron chi connectivity index (χ2n) is 9.41. The van der Waals surface area contributed by atoms with E-state index >= 15 is 0 Å². The van der Waals surface area contributed by atoms with E-state index in [2.05, 4.69) is 10.5 Å². The maximum absolute atomic E-state index is 14.2. The van der Waals surface area contributed by atoms with Crippen LogP contribution < -0.4 is 5.43 Å². The maximum atomic E-state index is 14.2. The van der Waals surface area contributed by atoms with Crippen LogP contribution in [0.5, 0.6) is 0 Å². The summed E-state index contributed by atoms with van der Waals surface area (Å²) in [4.78, 5) is 21.3. The van der Waals surface area contributed by atoms with Gasteiger partial charge in [0.15, 0.2) is 11.2 Å². The van der Waals surface area contributed by atoms with E-state index in [4.69, 9.17) is 27.6 Å². The van der Waals surface area contributed by atoms with Gasteiger partial charge in [-0.15, -0.1) is 0 Å². The second-order valence-corrected chi connectivity index (χ2v) is 14.3. The molecule has 0 amide bonds. The Morgan fingerprint density at radius 3 is 2.00 bits per heavy atom. The molecule has 2 aliphatic rings. The lowest BCUT2D eigenvalue weighted by Gasteiger charge is -2.39. The molecule has 236 valence electrons. The van der Waals surface area contributed by atoms with Gasteiger partial charge in [-0.25, -0.2) is 0 Å². The smallest absolute Gasteiger partial charge is 0.345 e. The zero-order valence-electron chi connectivity index (χ0n) is 24.1. The molecular weight excluding hydrogens is 598 g/mol. The number of nitrogens with one attached hydrogen (secondary N) is 1. The van der Waals surface area contributed by atoms with E-state index in [0.717, 1.165) is 12.1 Å². The van der Waals surface area contributed by atoms with Gasteiger partial charge in [0, 0.05) is 30.5 Å². The first-order valence-corrected chi connectivity index (χ1v) is 17.0. The largest absolute Gasteiger partial charge is 0.347 e. The first-order chi connectivity index (χ1) is 20.0. The van der Waals surface area contributed by atoms with Gasteiger partial charge in [-0.1, -0.05) is 0 Å². The Labute approximate surface area is 243 Å². The third-order valence-electron chi connectivity index (χ3n) is 6.77. The molecule has 2 fully saturated rings. The first-order valence-electron chi connectivity index (χ1n) is 13.8. The minimum absolute atomic E-state index is 0.0131. The van der Waals surface area contributed by atoms with Crippen molar-refractivity contribution in [3.8, 4) is 0 Å². The Hall–Kier alpha value is -2.29. The van der Waals surface area contributed by atoms with Crippen LogP contribution in [0.3, 0.4) is 0 Å². The number of nitro benzene ring substituents is 2. The lowest BCUT2D eigenvalue weighted by Crippen LogP contribution is -2.42. The van der Waals surface area contributed by atoms with Crippen molar-refractivity contribution in [3.63, 3.8) is 0 Å². The molecule has 0 bridgehead atoms. The summed E-state index contributed by atoms with van der Waals surface area (Å²) in [6.45, 7) is 7.36. The minimum Gasteiger partial charge on any atom is -0.347 e. The van der Waals surface area contributed by atoms with Gasteiger partial charge >= 0.3 is 20.9 Å². The summed E-state index contributed by atoms with van der Waals surface area (Å²) in [6.07, 6.45) is 0.890. The number of hydrogen-bond acceptors (Lipinski definition) is 14. The number of hydrazone groups is 1. The van der Waals surface area contributed by atoms with Crippen LogP contribution in [0.25, 0.3) is 0 Å². The summed E-state index contributed by atoms with van der Waals surface area (Å²) in [5.41, 5.74) is 2.12. The molecule has 1 saturated carbocycles. The minimum atomic E-state index is -4.08. The summed E-state index contributed by atoms with van der Waals surface area (Å²) < 4.78 is 62.7. The van der Waals surface area contributed by atoms with E-state index in [-0.39, 0.29) is 45.0 Å². The highest BCUT2D eigenvalue weighted by molar-refractivity contribution is 7.72. The lowest BCUT2D eigenvalue weighted by atomic mass is 9.81. The normalized spacial score (nSPS) is 19.9. The monoisotopic (exact) mass is 636 g/mol. The molecule has 1 aliphatic heterocycles. The molecule has 1 atom stereocenters. The van der Waals surface area contributed by atoms with Crippen molar-refractivity contribution in [2.75, 3.05) is 45.1 Å². The lowest BCUT2D eigenvalue weighted by molar-refractivity contribution is -0.393. The quantitative estimate of drug-likeness (QED) is 0.125.